The van der Waals surface area contributed by atoms with Gasteiger partial charge in [-0.1, -0.05) is 81.4 Å². The molecule has 3 heteroatoms. The Morgan fingerprint density at radius 2 is 1.46 bits per heavy atom. The van der Waals surface area contributed by atoms with Crippen molar-refractivity contribution in [3.05, 3.63) is 60.7 Å². The van der Waals surface area contributed by atoms with Crippen LogP contribution in [-0.4, -0.2) is 26.1 Å². The summed E-state index contributed by atoms with van der Waals surface area (Å²) in [7, 11) is -2.40. The molecule has 0 bridgehead atoms. The van der Waals surface area contributed by atoms with Crippen molar-refractivity contribution in [1.82, 2.24) is 0 Å². The highest BCUT2D eigenvalue weighted by Gasteiger charge is 2.50. The van der Waals surface area contributed by atoms with E-state index in [0.717, 1.165) is 32.3 Å². The van der Waals surface area contributed by atoms with Crippen LogP contribution in [-0.2, 0) is 4.43 Å². The van der Waals surface area contributed by atoms with Crippen molar-refractivity contribution in [3.8, 4) is 0 Å². The first-order valence-corrected chi connectivity index (χ1v) is 11.8. The number of hydrogen-bond donors (Lipinski definition) is 1. The second-order valence-corrected chi connectivity index (χ2v) is 12.9. The summed E-state index contributed by atoms with van der Waals surface area (Å²) in [5.41, 5.74) is 0. The van der Waals surface area contributed by atoms with Crippen molar-refractivity contribution in [3.63, 3.8) is 0 Å². The van der Waals surface area contributed by atoms with Gasteiger partial charge in [-0.15, -0.1) is 0 Å². The fourth-order valence-electron chi connectivity index (χ4n) is 4.45. The Hall–Kier alpha value is -1.42. The molecule has 0 spiro atoms. The monoisotopic (exact) mass is 368 g/mol. The molecule has 26 heavy (non-hydrogen) atoms. The average Bonchev–Trinajstić information content (AvgIpc) is 3.04. The highest BCUT2D eigenvalue weighted by Crippen LogP contribution is 2.37. The normalized spacial score (nSPS) is 21.1. The Kier molecular flexibility index (Phi) is 6.01. The third-order valence-corrected chi connectivity index (χ3v) is 10.8. The SMILES string of the molecule is CC(C)(C)[Si](OCC[C@@H]1CC[C@@H](O)C1)(c1ccccc1)c1ccccc1. The molecule has 2 nitrogen and oxygen atoms in total. The molecule has 0 aliphatic heterocycles. The van der Waals surface area contributed by atoms with Crippen molar-refractivity contribution in [2.45, 2.75) is 57.6 Å². The van der Waals surface area contributed by atoms with Crippen LogP contribution >= 0.6 is 0 Å². The molecule has 2 atom stereocenters. The number of aliphatic hydroxyl groups excluding tert-OH is 1. The average molecular weight is 369 g/mol. The van der Waals surface area contributed by atoms with Crippen LogP contribution in [0.1, 0.15) is 46.5 Å². The number of rotatable bonds is 6. The van der Waals surface area contributed by atoms with E-state index in [1.165, 1.54) is 10.4 Å². The van der Waals surface area contributed by atoms with Crippen LogP contribution in [0.3, 0.4) is 0 Å². The first kappa shape index (κ1) is 19.3. The molecule has 1 aliphatic carbocycles. The lowest BCUT2D eigenvalue weighted by Gasteiger charge is -2.43. The van der Waals surface area contributed by atoms with Gasteiger partial charge >= 0.3 is 0 Å². The predicted octanol–water partition coefficient (Wildman–Crippen LogP) is 4.11. The van der Waals surface area contributed by atoms with Gasteiger partial charge in [-0.05, 0) is 47.0 Å². The molecule has 140 valence electrons. The summed E-state index contributed by atoms with van der Waals surface area (Å²) in [4.78, 5) is 0. The second kappa shape index (κ2) is 8.08. The van der Waals surface area contributed by atoms with Crippen LogP contribution in [0.4, 0.5) is 0 Å². The molecule has 0 radical (unpaired) electrons. The van der Waals surface area contributed by atoms with E-state index < -0.39 is 8.32 Å². The molecule has 0 heterocycles. The molecular formula is C23H32O2Si. The van der Waals surface area contributed by atoms with Crippen molar-refractivity contribution < 1.29 is 9.53 Å². The minimum atomic E-state index is -2.40. The Bertz CT molecular complexity index is 639. The number of benzene rings is 2. The minimum absolute atomic E-state index is 0.0326. The van der Waals surface area contributed by atoms with Crippen molar-refractivity contribution in [1.29, 1.82) is 0 Å². The van der Waals surface area contributed by atoms with E-state index in [0.29, 0.717) is 5.92 Å². The Balaban J connectivity index is 1.92. The van der Waals surface area contributed by atoms with E-state index in [4.69, 9.17) is 4.43 Å². The van der Waals surface area contributed by atoms with Gasteiger partial charge < -0.3 is 9.53 Å². The lowest BCUT2D eigenvalue weighted by molar-refractivity contribution is 0.173. The molecular weight excluding hydrogens is 336 g/mol. The zero-order chi connectivity index (χ0) is 18.6. The van der Waals surface area contributed by atoms with Gasteiger partial charge in [-0.3, -0.25) is 0 Å². The van der Waals surface area contributed by atoms with Gasteiger partial charge in [0.2, 0.25) is 0 Å². The smallest absolute Gasteiger partial charge is 0.261 e. The maximum absolute atomic E-state index is 9.81. The van der Waals surface area contributed by atoms with Crippen molar-refractivity contribution in [2.75, 3.05) is 6.61 Å². The third kappa shape index (κ3) is 3.95. The summed E-state index contributed by atoms with van der Waals surface area (Å²) in [5, 5.41) is 12.5. The van der Waals surface area contributed by atoms with E-state index in [-0.39, 0.29) is 11.1 Å². The van der Waals surface area contributed by atoms with Gasteiger partial charge in [-0.2, -0.15) is 0 Å². The molecule has 0 saturated heterocycles. The highest BCUT2D eigenvalue weighted by molar-refractivity contribution is 6.99. The summed E-state index contributed by atoms with van der Waals surface area (Å²) in [6.07, 6.45) is 3.95. The zero-order valence-corrected chi connectivity index (χ0v) is 17.3. The van der Waals surface area contributed by atoms with E-state index in [1.807, 2.05) is 0 Å². The van der Waals surface area contributed by atoms with E-state index in [1.54, 1.807) is 0 Å². The van der Waals surface area contributed by atoms with Gasteiger partial charge in [0, 0.05) is 6.61 Å². The minimum Gasteiger partial charge on any atom is -0.407 e. The van der Waals surface area contributed by atoms with E-state index in [9.17, 15) is 5.11 Å². The fraction of sp³-hybridized carbons (Fsp3) is 0.478. The molecule has 0 aromatic heterocycles. The zero-order valence-electron chi connectivity index (χ0n) is 16.3. The van der Waals surface area contributed by atoms with Crippen LogP contribution in [0.5, 0.6) is 0 Å². The predicted molar refractivity (Wildman–Crippen MR) is 112 cm³/mol. The second-order valence-electron chi connectivity index (χ2n) is 8.63. The number of hydrogen-bond acceptors (Lipinski definition) is 2. The maximum atomic E-state index is 9.81. The molecule has 1 aliphatic rings. The summed E-state index contributed by atoms with van der Waals surface area (Å²) >= 11 is 0. The van der Waals surface area contributed by atoms with E-state index in [2.05, 4.69) is 81.4 Å². The van der Waals surface area contributed by atoms with Gasteiger partial charge in [0.1, 0.15) is 0 Å². The number of aliphatic hydroxyl groups is 1. The van der Waals surface area contributed by atoms with Crippen LogP contribution in [0.15, 0.2) is 60.7 Å². The van der Waals surface area contributed by atoms with Crippen LogP contribution in [0.2, 0.25) is 5.04 Å². The molecule has 0 amide bonds. The summed E-state index contributed by atoms with van der Waals surface area (Å²) in [6, 6.07) is 21.6. The molecule has 2 aromatic rings. The molecule has 0 unspecified atom stereocenters. The summed E-state index contributed by atoms with van der Waals surface area (Å²) in [6.45, 7) is 7.72. The largest absolute Gasteiger partial charge is 0.407 e. The first-order valence-electron chi connectivity index (χ1n) is 9.86. The Labute approximate surface area is 159 Å². The lowest BCUT2D eigenvalue weighted by atomic mass is 10.1. The highest BCUT2D eigenvalue weighted by atomic mass is 28.4. The Morgan fingerprint density at radius 1 is 0.923 bits per heavy atom. The van der Waals surface area contributed by atoms with Crippen LogP contribution in [0.25, 0.3) is 0 Å². The first-order chi connectivity index (χ1) is 12.4. The molecule has 1 fully saturated rings. The van der Waals surface area contributed by atoms with Crippen LogP contribution in [0, 0.1) is 5.92 Å². The maximum Gasteiger partial charge on any atom is 0.261 e. The van der Waals surface area contributed by atoms with Crippen molar-refractivity contribution >= 4 is 18.7 Å². The molecule has 3 rings (SSSR count). The standard InChI is InChI=1S/C23H32O2Si/c1-23(2,3)26(21-10-6-4-7-11-21,22-12-8-5-9-13-22)25-17-16-19-14-15-20(24)18-19/h4-13,19-20,24H,14-18H2,1-3H3/t19-,20+/m0/s1. The molecule has 1 N–H and O–H groups in total. The molecule has 2 aromatic carbocycles. The van der Waals surface area contributed by atoms with Gasteiger partial charge in [-0.25, -0.2) is 0 Å². The molecule has 1 saturated carbocycles. The quantitative estimate of drug-likeness (QED) is 0.778. The van der Waals surface area contributed by atoms with Gasteiger partial charge in [0.25, 0.3) is 8.32 Å². The summed E-state index contributed by atoms with van der Waals surface area (Å²) < 4.78 is 6.92. The third-order valence-electron chi connectivity index (χ3n) is 5.78. The van der Waals surface area contributed by atoms with Crippen LogP contribution < -0.4 is 10.4 Å². The van der Waals surface area contributed by atoms with Crippen molar-refractivity contribution in [2.24, 2.45) is 5.92 Å². The summed E-state index contributed by atoms with van der Waals surface area (Å²) in [5.74, 6) is 0.600. The fourth-order valence-corrected chi connectivity index (χ4v) is 9.03. The van der Waals surface area contributed by atoms with E-state index >= 15 is 0 Å². The Morgan fingerprint density at radius 3 is 1.88 bits per heavy atom. The van der Waals surface area contributed by atoms with Gasteiger partial charge in [0.05, 0.1) is 6.10 Å². The topological polar surface area (TPSA) is 29.5 Å². The lowest BCUT2D eigenvalue weighted by Crippen LogP contribution is -2.66. The van der Waals surface area contributed by atoms with Gasteiger partial charge in [0.15, 0.2) is 0 Å².